The maximum atomic E-state index is 12.1. The van der Waals surface area contributed by atoms with Crippen molar-refractivity contribution in [3.63, 3.8) is 0 Å². The van der Waals surface area contributed by atoms with Crippen LogP contribution in [0.2, 0.25) is 0 Å². The molecule has 1 rings (SSSR count). The standard InChI is InChI=1S/C20H32O9/c1-2-3-4-5-6-7-8-9-10-11-12(21)14(22)15(23)13-16(24)18(29-20(13)28)17(25)19(26)27/h12,14,17-18,21-23,25H,2-11H2,1H3,(H,26,27)/b15-13+/t12-,14-,17+,18+/m1/s1. The SMILES string of the molecule is CCCCCCCCCCC[C@@H](O)[C@@H](O)/C(O)=C1\C(=O)O[C@H]([C@H](O)C(=O)O)C1=O. The molecule has 1 aliphatic heterocycles. The van der Waals surface area contributed by atoms with Gasteiger partial charge in [0.15, 0.2) is 6.10 Å². The fraction of sp³-hybridized carbons (Fsp3) is 0.750. The van der Waals surface area contributed by atoms with Gasteiger partial charge in [-0.1, -0.05) is 64.7 Å². The molecule has 29 heavy (non-hydrogen) atoms. The molecule has 5 N–H and O–H groups in total. The van der Waals surface area contributed by atoms with Crippen LogP contribution in [0.25, 0.3) is 0 Å². The lowest BCUT2D eigenvalue weighted by Crippen LogP contribution is -2.38. The molecule has 0 saturated carbocycles. The second-order valence-corrected chi connectivity index (χ2v) is 7.36. The number of rotatable bonds is 14. The number of ether oxygens (including phenoxy) is 1. The lowest BCUT2D eigenvalue weighted by molar-refractivity contribution is -0.161. The molecule has 0 radical (unpaired) electrons. The van der Waals surface area contributed by atoms with Gasteiger partial charge in [-0.15, -0.1) is 0 Å². The molecule has 9 nitrogen and oxygen atoms in total. The summed E-state index contributed by atoms with van der Waals surface area (Å²) in [4.78, 5) is 34.6. The van der Waals surface area contributed by atoms with Crippen LogP contribution >= 0.6 is 0 Å². The average Bonchev–Trinajstić information content (AvgIpc) is 2.98. The number of unbranched alkanes of at least 4 members (excludes halogenated alkanes) is 8. The maximum absolute atomic E-state index is 12.1. The van der Waals surface area contributed by atoms with E-state index in [-0.39, 0.29) is 6.42 Å². The molecule has 0 amide bonds. The van der Waals surface area contributed by atoms with Crippen LogP contribution in [0.15, 0.2) is 11.3 Å². The number of hydrogen-bond donors (Lipinski definition) is 5. The van der Waals surface area contributed by atoms with Crippen molar-refractivity contribution in [2.75, 3.05) is 0 Å². The fourth-order valence-corrected chi connectivity index (χ4v) is 3.19. The molecule has 1 saturated heterocycles. The minimum Gasteiger partial charge on any atom is -0.508 e. The van der Waals surface area contributed by atoms with Crippen molar-refractivity contribution in [3.05, 3.63) is 11.3 Å². The first-order valence-corrected chi connectivity index (χ1v) is 10.2. The van der Waals surface area contributed by atoms with Gasteiger partial charge in [0, 0.05) is 0 Å². The highest BCUT2D eigenvalue weighted by atomic mass is 16.6. The molecule has 4 atom stereocenters. The predicted octanol–water partition coefficient (Wildman–Crippen LogP) is 1.38. The van der Waals surface area contributed by atoms with Gasteiger partial charge in [-0.3, -0.25) is 4.79 Å². The number of esters is 1. The number of aliphatic hydroxyl groups excluding tert-OH is 4. The van der Waals surface area contributed by atoms with Gasteiger partial charge in [-0.05, 0) is 6.42 Å². The summed E-state index contributed by atoms with van der Waals surface area (Å²) in [7, 11) is 0. The molecule has 0 aromatic heterocycles. The van der Waals surface area contributed by atoms with Crippen molar-refractivity contribution < 1.29 is 44.7 Å². The summed E-state index contributed by atoms with van der Waals surface area (Å²) in [5.41, 5.74) is -0.950. The van der Waals surface area contributed by atoms with E-state index in [1.165, 1.54) is 25.7 Å². The Kier molecular flexibility index (Phi) is 10.9. The molecule has 1 heterocycles. The van der Waals surface area contributed by atoms with Crippen LogP contribution in [0.1, 0.15) is 71.1 Å². The first kappa shape index (κ1) is 25.1. The Labute approximate surface area is 170 Å². The van der Waals surface area contributed by atoms with Crippen LogP contribution in [-0.4, -0.2) is 67.7 Å². The number of carbonyl (C=O) groups excluding carboxylic acids is 2. The van der Waals surface area contributed by atoms with Gasteiger partial charge in [-0.25, -0.2) is 9.59 Å². The smallest absolute Gasteiger partial charge is 0.346 e. The average molecular weight is 416 g/mol. The van der Waals surface area contributed by atoms with E-state index in [9.17, 15) is 34.8 Å². The number of carboxylic acid groups (broad SMARTS) is 1. The minimum absolute atomic E-state index is 0.152. The molecule has 1 aliphatic rings. The van der Waals surface area contributed by atoms with E-state index < -0.39 is 53.5 Å². The monoisotopic (exact) mass is 416 g/mol. The molecule has 0 aliphatic carbocycles. The Morgan fingerprint density at radius 1 is 0.931 bits per heavy atom. The second-order valence-electron chi connectivity index (χ2n) is 7.36. The normalized spacial score (nSPS) is 21.6. The van der Waals surface area contributed by atoms with Gasteiger partial charge in [0.25, 0.3) is 0 Å². The van der Waals surface area contributed by atoms with E-state index in [1.54, 1.807) is 0 Å². The zero-order valence-corrected chi connectivity index (χ0v) is 16.7. The number of carbonyl (C=O) groups is 3. The van der Waals surface area contributed by atoms with E-state index in [2.05, 4.69) is 11.7 Å². The minimum atomic E-state index is -2.29. The summed E-state index contributed by atoms with van der Waals surface area (Å²) in [6.07, 6.45) is 2.11. The van der Waals surface area contributed by atoms with E-state index >= 15 is 0 Å². The summed E-state index contributed by atoms with van der Waals surface area (Å²) >= 11 is 0. The second kappa shape index (κ2) is 12.6. The van der Waals surface area contributed by atoms with Gasteiger partial charge >= 0.3 is 11.9 Å². The fourth-order valence-electron chi connectivity index (χ4n) is 3.19. The largest absolute Gasteiger partial charge is 0.508 e. The topological polar surface area (TPSA) is 162 Å². The van der Waals surface area contributed by atoms with Gasteiger partial charge in [-0.2, -0.15) is 0 Å². The number of hydrogen-bond acceptors (Lipinski definition) is 8. The van der Waals surface area contributed by atoms with Crippen molar-refractivity contribution in [1.82, 2.24) is 0 Å². The Morgan fingerprint density at radius 3 is 1.97 bits per heavy atom. The van der Waals surface area contributed by atoms with Crippen LogP contribution < -0.4 is 0 Å². The number of cyclic esters (lactones) is 1. The van der Waals surface area contributed by atoms with Crippen LogP contribution in [-0.2, 0) is 19.1 Å². The molecule has 166 valence electrons. The summed E-state index contributed by atoms with van der Waals surface area (Å²) in [6.45, 7) is 2.16. The van der Waals surface area contributed by atoms with Crippen LogP contribution in [0.5, 0.6) is 0 Å². The number of aliphatic carboxylic acids is 1. The Balaban J connectivity index is 2.49. The number of carboxylic acids is 1. The molecule has 0 unspecified atom stereocenters. The van der Waals surface area contributed by atoms with Crippen molar-refractivity contribution >= 4 is 17.7 Å². The zero-order chi connectivity index (χ0) is 22.0. The van der Waals surface area contributed by atoms with Gasteiger partial charge in [0.2, 0.25) is 11.9 Å². The third-order valence-corrected chi connectivity index (χ3v) is 4.99. The quantitative estimate of drug-likeness (QED) is 0.0925. The highest BCUT2D eigenvalue weighted by Crippen LogP contribution is 2.25. The third-order valence-electron chi connectivity index (χ3n) is 4.99. The third kappa shape index (κ3) is 7.41. The molecular weight excluding hydrogens is 384 g/mol. The lowest BCUT2D eigenvalue weighted by Gasteiger charge is -2.17. The summed E-state index contributed by atoms with van der Waals surface area (Å²) in [5.74, 6) is -5.46. The van der Waals surface area contributed by atoms with Crippen LogP contribution in [0.4, 0.5) is 0 Å². The molecule has 1 fully saturated rings. The summed E-state index contributed by atoms with van der Waals surface area (Å²) in [6, 6.07) is 0. The number of Topliss-reactive ketones (excluding diaryl/α,β-unsaturated/α-hetero) is 1. The van der Waals surface area contributed by atoms with Gasteiger partial charge in [0.05, 0.1) is 6.10 Å². The summed E-state index contributed by atoms with van der Waals surface area (Å²) < 4.78 is 4.49. The molecule has 0 spiro atoms. The maximum Gasteiger partial charge on any atom is 0.346 e. The highest BCUT2D eigenvalue weighted by molar-refractivity contribution is 6.24. The van der Waals surface area contributed by atoms with E-state index in [4.69, 9.17) is 5.11 Å². The van der Waals surface area contributed by atoms with Crippen LogP contribution in [0.3, 0.4) is 0 Å². The summed E-state index contributed by atoms with van der Waals surface area (Å²) in [5, 5.41) is 48.2. The van der Waals surface area contributed by atoms with E-state index in [0.717, 1.165) is 25.7 Å². The van der Waals surface area contributed by atoms with Gasteiger partial charge in [0.1, 0.15) is 17.4 Å². The van der Waals surface area contributed by atoms with Crippen molar-refractivity contribution in [1.29, 1.82) is 0 Å². The van der Waals surface area contributed by atoms with Crippen molar-refractivity contribution in [3.8, 4) is 0 Å². The Hall–Kier alpha value is -1.97. The number of ketones is 1. The predicted molar refractivity (Wildman–Crippen MR) is 102 cm³/mol. The Bertz CT molecular complexity index is 599. The first-order chi connectivity index (χ1) is 13.7. The molecular formula is C20H32O9. The van der Waals surface area contributed by atoms with Crippen LogP contribution in [0, 0.1) is 0 Å². The zero-order valence-electron chi connectivity index (χ0n) is 16.7. The number of aliphatic hydroxyl groups is 4. The molecule has 9 heteroatoms. The lowest BCUT2D eigenvalue weighted by atomic mass is 9.98. The highest BCUT2D eigenvalue weighted by Gasteiger charge is 2.48. The van der Waals surface area contributed by atoms with Crippen molar-refractivity contribution in [2.45, 2.75) is 95.5 Å². The van der Waals surface area contributed by atoms with E-state index in [0.29, 0.717) is 6.42 Å². The molecule has 0 aromatic carbocycles. The Morgan fingerprint density at radius 2 is 1.45 bits per heavy atom. The molecule has 0 bridgehead atoms. The van der Waals surface area contributed by atoms with Crippen molar-refractivity contribution in [2.24, 2.45) is 0 Å². The molecule has 0 aromatic rings. The first-order valence-electron chi connectivity index (χ1n) is 10.2. The van der Waals surface area contributed by atoms with E-state index in [1.807, 2.05) is 0 Å². The van der Waals surface area contributed by atoms with Gasteiger partial charge < -0.3 is 30.3 Å².